The summed E-state index contributed by atoms with van der Waals surface area (Å²) < 4.78 is 66.9. The lowest BCUT2D eigenvalue weighted by atomic mass is 10.1. The van der Waals surface area contributed by atoms with Gasteiger partial charge in [0.2, 0.25) is 0 Å². The maximum absolute atomic E-state index is 12.7. The summed E-state index contributed by atoms with van der Waals surface area (Å²) in [5.74, 6) is -2.38. The van der Waals surface area contributed by atoms with Crippen molar-refractivity contribution in [1.82, 2.24) is 42.5 Å². The third-order valence-electron chi connectivity index (χ3n) is 13.6. The predicted octanol–water partition coefficient (Wildman–Crippen LogP) is 17.5. The van der Waals surface area contributed by atoms with Gasteiger partial charge < -0.3 is 52.4 Å². The second-order valence-corrected chi connectivity index (χ2v) is 27.7. The van der Waals surface area contributed by atoms with Crippen molar-refractivity contribution in [2.75, 3.05) is 7.11 Å². The van der Waals surface area contributed by atoms with Crippen molar-refractivity contribution >= 4 is 70.5 Å². The lowest BCUT2D eigenvalue weighted by Gasteiger charge is -2.10. The zero-order valence-corrected chi connectivity index (χ0v) is 67.5. The molecule has 0 atom stereocenters. The topological polar surface area (TPSA) is 286 Å². The van der Waals surface area contributed by atoms with Crippen LogP contribution in [-0.2, 0) is 12.8 Å². The van der Waals surface area contributed by atoms with Gasteiger partial charge in [-0.1, -0.05) is 78.7 Å². The van der Waals surface area contributed by atoms with Crippen molar-refractivity contribution < 1.29 is 70.2 Å². The number of benzene rings is 8. The van der Waals surface area contributed by atoms with Crippen LogP contribution in [0.25, 0.3) is 0 Å². The summed E-state index contributed by atoms with van der Waals surface area (Å²) >= 11 is 11.5. The third-order valence-corrected chi connectivity index (χ3v) is 14.3. The molecule has 19 nitrogen and oxygen atoms in total. The molecule has 0 radical (unpaired) electrons. The van der Waals surface area contributed by atoms with Gasteiger partial charge >= 0.3 is 6.18 Å². The summed E-state index contributed by atoms with van der Waals surface area (Å²) in [7, 11) is 1.60. The number of methoxy groups -OCH3 is 1. The highest BCUT2D eigenvalue weighted by Gasteiger charge is 2.30. The van der Waals surface area contributed by atoms with Crippen molar-refractivity contribution in [2.45, 2.75) is 186 Å². The predicted molar refractivity (Wildman–Crippen MR) is 436 cm³/mol. The monoisotopic (exact) mass is 1590 g/mol. The number of ether oxygens (including phenoxy) is 1. The van der Waals surface area contributed by atoms with Crippen molar-refractivity contribution in [3.8, 4) is 11.8 Å². The molecule has 0 spiro atoms. The van der Waals surface area contributed by atoms with E-state index < -0.39 is 29.3 Å². The minimum Gasteiger partial charge on any atom is -0.497 e. The molecular weight excluding hydrogens is 1480 g/mol. The number of nitrogens with one attached hydrogen (secondary N) is 8. The van der Waals surface area contributed by atoms with Crippen molar-refractivity contribution in [2.24, 2.45) is 0 Å². The van der Waals surface area contributed by atoms with Crippen LogP contribution in [0.3, 0.4) is 0 Å². The molecule has 8 rings (SSSR count). The van der Waals surface area contributed by atoms with Crippen molar-refractivity contribution in [3.63, 3.8) is 0 Å². The van der Waals surface area contributed by atoms with Crippen LogP contribution in [0.1, 0.15) is 223 Å². The lowest BCUT2D eigenvalue weighted by Crippen LogP contribution is -2.30. The summed E-state index contributed by atoms with van der Waals surface area (Å²) in [5, 5.41) is 40.2. The average molecular weight is 1590 g/mol. The molecule has 0 aliphatic rings. The van der Waals surface area contributed by atoms with E-state index in [0.717, 1.165) is 41.1 Å². The number of hydrogen-bond donors (Lipinski definition) is 9. The minimum atomic E-state index is -4.37. The van der Waals surface area contributed by atoms with Gasteiger partial charge in [-0.3, -0.25) is 38.4 Å². The van der Waals surface area contributed by atoms with Gasteiger partial charge in [0.05, 0.1) is 41.0 Å². The van der Waals surface area contributed by atoms with Gasteiger partial charge in [0.25, 0.3) is 47.3 Å². The van der Waals surface area contributed by atoms with E-state index in [4.69, 9.17) is 38.3 Å². The Morgan fingerprint density at radius 3 is 0.955 bits per heavy atom. The number of halogens is 7. The smallest absolute Gasteiger partial charge is 0.416 e. The molecule has 0 heterocycles. The Hall–Kier alpha value is -11.0. The van der Waals surface area contributed by atoms with E-state index in [2.05, 4.69) is 42.5 Å². The quantitative estimate of drug-likeness (QED) is 0.0364. The van der Waals surface area contributed by atoms with Crippen LogP contribution >= 0.6 is 23.2 Å². The molecule has 8 amide bonds. The molecule has 0 saturated carbocycles. The van der Waals surface area contributed by atoms with E-state index in [1.807, 2.05) is 139 Å². The number of aliphatic hydroxyl groups is 1. The summed E-state index contributed by atoms with van der Waals surface area (Å²) in [5.41, 5.74) is 5.94. The highest BCUT2D eigenvalue weighted by atomic mass is 35.5. The number of amides is 8. The molecule has 26 heteroatoms. The zero-order chi connectivity index (χ0) is 84.3. The van der Waals surface area contributed by atoms with E-state index in [0.29, 0.717) is 43.4 Å². The lowest BCUT2D eigenvalue weighted by molar-refractivity contribution is -0.137. The van der Waals surface area contributed by atoms with Gasteiger partial charge in [0.1, 0.15) is 5.75 Å². The highest BCUT2D eigenvalue weighted by molar-refractivity contribution is 6.42. The van der Waals surface area contributed by atoms with Gasteiger partial charge in [-0.15, -0.1) is 0 Å². The first-order chi connectivity index (χ1) is 52.0. The van der Waals surface area contributed by atoms with Crippen LogP contribution in [0.2, 0.25) is 10.0 Å². The first-order valence-electron chi connectivity index (χ1n) is 35.5. The SMILES string of the molecule is C.CC(C)NC(=O)c1ccc(C#N)cc1.CC(C)NC(=O)c1ccc(C(F)(F)F)cc1.CC(C)NC(=O)c1ccc(CO)cc1.CC(C)NC(=O)c1ccc(Cl)c(Cl)c1.CC(C)NC(=O)c1ccc(F)c(F)c1.CC(C)NC(=O)c1ccccc1.COc1ccc(C(=O)NC(C)C)cc1.Cc1ccc(C(=O)NC(C)C)cc1. The van der Waals surface area contributed by atoms with Gasteiger partial charge in [-0.2, -0.15) is 18.4 Å². The molecule has 0 aliphatic carbocycles. The molecule has 0 unspecified atom stereocenters. The zero-order valence-electron chi connectivity index (χ0n) is 65.9. The van der Waals surface area contributed by atoms with E-state index in [1.165, 1.54) is 23.8 Å². The van der Waals surface area contributed by atoms with Gasteiger partial charge in [0.15, 0.2) is 11.6 Å². The molecule has 0 aromatic heterocycles. The normalized spacial score (nSPS) is 10.2. The van der Waals surface area contributed by atoms with Crippen molar-refractivity contribution in [3.05, 3.63) is 276 Å². The maximum Gasteiger partial charge on any atom is 0.416 e. The Morgan fingerprint density at radius 1 is 0.384 bits per heavy atom. The minimum absolute atomic E-state index is 0. The molecular formula is C86H108Cl2F5N9O10. The number of carbonyl (C=O) groups excluding carboxylic acids is 8. The molecule has 606 valence electrons. The molecule has 9 N–H and O–H groups in total. The molecule has 0 aliphatic heterocycles. The van der Waals surface area contributed by atoms with Gasteiger partial charge in [0, 0.05) is 92.8 Å². The summed E-state index contributed by atoms with van der Waals surface area (Å²) in [4.78, 5) is 91.5. The number of nitrogens with zero attached hydrogens (tertiary/aromatic N) is 1. The number of alkyl halides is 3. The van der Waals surface area contributed by atoms with E-state index in [1.54, 1.807) is 138 Å². The van der Waals surface area contributed by atoms with E-state index >= 15 is 0 Å². The van der Waals surface area contributed by atoms with Gasteiger partial charge in [-0.05, 0) is 269 Å². The Kier molecular flexibility index (Phi) is 47.8. The van der Waals surface area contributed by atoms with E-state index in [-0.39, 0.29) is 115 Å². The molecule has 8 aromatic carbocycles. The number of carbonyl (C=O) groups is 8. The van der Waals surface area contributed by atoms with Gasteiger partial charge in [-0.25, -0.2) is 8.78 Å². The fourth-order valence-corrected chi connectivity index (χ4v) is 8.64. The largest absolute Gasteiger partial charge is 0.497 e. The van der Waals surface area contributed by atoms with Crippen LogP contribution < -0.4 is 47.3 Å². The molecule has 0 bridgehead atoms. The Labute approximate surface area is 666 Å². The average Bonchev–Trinajstić information content (AvgIpc) is 0.848. The number of rotatable bonds is 18. The number of nitriles is 1. The first kappa shape index (κ1) is 101. The van der Waals surface area contributed by atoms with Crippen LogP contribution in [0, 0.1) is 29.9 Å². The van der Waals surface area contributed by atoms with Crippen LogP contribution in [0.15, 0.2) is 188 Å². The fourth-order valence-electron chi connectivity index (χ4n) is 8.34. The molecule has 0 saturated heterocycles. The molecule has 8 aromatic rings. The maximum atomic E-state index is 12.7. The third kappa shape index (κ3) is 42.8. The standard InChI is InChI=1S/C11H12F3NO.C11H12N2O.2C11H15NO2.C11H15NO.C10H11Cl2NO.C10H11F2NO.C10H13NO.CH4/c1-7(2)15-10(16)8-3-5-9(6-4-8)11(12,13)14;1-8(2)13-11(14)10-5-3-9(7-12)4-6-10;1-8(2)12-11(13)9-4-6-10(14-3)7-5-9;1-8(2)12-11(14)10-5-3-9(7-13)4-6-10;1-8(2)12-11(13)10-6-4-9(3)5-7-10;2*1-6(2)13-10(14)7-3-4-8(11)9(12)5-7;1-8(2)11-10(12)9-6-4-3-5-7-9;/h3-7H,1-2H3,(H,15,16);3-6,8H,1-2H3,(H,13,14);4-8H,1-3H3,(H,12,13);3-6,8,13H,7H2,1-2H3,(H,12,14);4-8H,1-3H3,(H,12,13);2*3-6H,1-2H3,(H,13,14);3-8H,1-2H3,(H,11,12);1H4. The van der Waals surface area contributed by atoms with Crippen molar-refractivity contribution in [1.29, 1.82) is 5.26 Å². The van der Waals surface area contributed by atoms with Crippen LogP contribution in [0.5, 0.6) is 5.75 Å². The molecule has 0 fully saturated rings. The highest BCUT2D eigenvalue weighted by Crippen LogP contribution is 2.29. The number of hydrogen-bond acceptors (Lipinski definition) is 11. The number of aryl methyl sites for hydroxylation is 1. The Balaban J connectivity index is 0.00000126. The summed E-state index contributed by atoms with van der Waals surface area (Å²) in [6.07, 6.45) is -4.37. The summed E-state index contributed by atoms with van der Waals surface area (Å²) in [6, 6.07) is 52.1. The fraction of sp³-hybridized carbons (Fsp3) is 0.337. The molecule has 112 heavy (non-hydrogen) atoms. The Morgan fingerprint density at radius 2 is 0.661 bits per heavy atom. The summed E-state index contributed by atoms with van der Waals surface area (Å²) in [6.45, 7) is 32.2. The van der Waals surface area contributed by atoms with Crippen LogP contribution in [-0.4, -0.2) is 108 Å². The first-order valence-corrected chi connectivity index (χ1v) is 36.3. The second-order valence-electron chi connectivity index (χ2n) is 26.9. The number of aliphatic hydroxyl groups excluding tert-OH is 1. The second kappa shape index (κ2) is 53.0. The van der Waals surface area contributed by atoms with E-state index in [9.17, 15) is 60.3 Å². The van der Waals surface area contributed by atoms with Crippen LogP contribution in [0.4, 0.5) is 22.0 Å². The Bertz CT molecular complexity index is 4080.